The first-order valence-corrected chi connectivity index (χ1v) is 10.1. The molecule has 2 aromatic carbocycles. The molecule has 180 valence electrons. The summed E-state index contributed by atoms with van der Waals surface area (Å²) in [4.78, 5) is 13.1. The Morgan fingerprint density at radius 2 is 1.65 bits per heavy atom. The van der Waals surface area contributed by atoms with E-state index in [-0.39, 0.29) is 5.69 Å². The predicted molar refractivity (Wildman–Crippen MR) is 109 cm³/mol. The number of fused-ring (bicyclic) bond motifs is 3. The van der Waals surface area contributed by atoms with Gasteiger partial charge >= 0.3 is 6.18 Å². The lowest BCUT2D eigenvalue weighted by Crippen LogP contribution is -2.26. The lowest BCUT2D eigenvalue weighted by molar-refractivity contribution is -0.143. The van der Waals surface area contributed by atoms with Gasteiger partial charge in [-0.1, -0.05) is 37.6 Å². The topological polar surface area (TPSA) is 46.9 Å². The number of amides is 1. The Hall–Kier alpha value is -3.37. The summed E-state index contributed by atoms with van der Waals surface area (Å²) in [7, 11) is 1.40. The van der Waals surface area contributed by atoms with E-state index in [1.54, 1.807) is 11.4 Å². The molecule has 1 amide bonds. The van der Waals surface area contributed by atoms with Crippen molar-refractivity contribution in [1.82, 2.24) is 9.78 Å². The monoisotopic (exact) mass is 485 g/mol. The van der Waals surface area contributed by atoms with Crippen molar-refractivity contribution >= 4 is 11.6 Å². The molecule has 3 aromatic rings. The molecule has 1 aromatic heterocycles. The van der Waals surface area contributed by atoms with Crippen LogP contribution in [0.3, 0.4) is 0 Å². The van der Waals surface area contributed by atoms with E-state index in [1.165, 1.54) is 7.05 Å². The van der Waals surface area contributed by atoms with Crippen LogP contribution in [0.25, 0.3) is 11.1 Å². The summed E-state index contributed by atoms with van der Waals surface area (Å²) in [5.41, 5.74) is -1.80. The molecule has 0 radical (unpaired) electrons. The number of aromatic nitrogens is 2. The van der Waals surface area contributed by atoms with Gasteiger partial charge in [-0.05, 0) is 24.5 Å². The van der Waals surface area contributed by atoms with Crippen LogP contribution in [0, 0.1) is 30.2 Å². The third-order valence-electron chi connectivity index (χ3n) is 5.86. The van der Waals surface area contributed by atoms with E-state index in [4.69, 9.17) is 0 Å². The van der Waals surface area contributed by atoms with Crippen LogP contribution < -0.4 is 5.32 Å². The number of rotatable bonds is 2. The van der Waals surface area contributed by atoms with Gasteiger partial charge in [-0.15, -0.1) is 0 Å². The number of carbonyl (C=O) groups excluding carboxylic acids is 1. The second-order valence-electron chi connectivity index (χ2n) is 8.87. The maximum atomic E-state index is 14.4. The summed E-state index contributed by atoms with van der Waals surface area (Å²) in [6, 6.07) is 5.57. The summed E-state index contributed by atoms with van der Waals surface area (Å²) in [6.45, 7) is 5.61. The Morgan fingerprint density at radius 3 is 2.21 bits per heavy atom. The van der Waals surface area contributed by atoms with E-state index in [9.17, 15) is 35.5 Å². The molecule has 0 unspecified atom stereocenters. The average molecular weight is 485 g/mol. The van der Waals surface area contributed by atoms with Crippen LogP contribution in [0.5, 0.6) is 0 Å². The van der Waals surface area contributed by atoms with Crippen molar-refractivity contribution in [3.05, 3.63) is 69.5 Å². The van der Waals surface area contributed by atoms with Gasteiger partial charge in [0.25, 0.3) is 5.91 Å². The summed E-state index contributed by atoms with van der Waals surface area (Å²) in [5.74, 6) is -11.2. The fraction of sp³-hybridized carbons (Fsp3) is 0.304. The second-order valence-corrected chi connectivity index (χ2v) is 8.87. The summed E-state index contributed by atoms with van der Waals surface area (Å²) < 4.78 is 96.5. The van der Waals surface area contributed by atoms with Crippen LogP contribution in [-0.2, 0) is 25.1 Å². The van der Waals surface area contributed by atoms with Crippen molar-refractivity contribution < 1.29 is 35.5 Å². The number of hydrogen-bond acceptors (Lipinski definition) is 2. The Balaban J connectivity index is 1.88. The van der Waals surface area contributed by atoms with Gasteiger partial charge in [-0.2, -0.15) is 18.3 Å². The number of nitrogens with zero attached hydrogens (tertiary/aromatic N) is 2. The Kier molecular flexibility index (Phi) is 5.30. The van der Waals surface area contributed by atoms with Gasteiger partial charge in [0.15, 0.2) is 23.3 Å². The Bertz CT molecular complexity index is 1330. The van der Waals surface area contributed by atoms with E-state index in [0.29, 0.717) is 23.2 Å². The van der Waals surface area contributed by atoms with Crippen molar-refractivity contribution in [2.45, 2.75) is 38.8 Å². The van der Waals surface area contributed by atoms with Crippen molar-refractivity contribution in [1.29, 1.82) is 0 Å². The van der Waals surface area contributed by atoms with E-state index >= 15 is 0 Å². The molecule has 1 N–H and O–H groups in total. The van der Waals surface area contributed by atoms with Crippen LogP contribution in [0.4, 0.5) is 36.4 Å². The first-order valence-electron chi connectivity index (χ1n) is 10.1. The maximum Gasteiger partial charge on any atom is 0.422 e. The molecular weight excluding hydrogens is 467 g/mol. The fourth-order valence-corrected chi connectivity index (χ4v) is 4.31. The number of alkyl halides is 3. The van der Waals surface area contributed by atoms with Crippen LogP contribution in [0.15, 0.2) is 18.2 Å². The summed E-state index contributed by atoms with van der Waals surface area (Å²) in [5, 5.41) is 6.10. The number of benzene rings is 2. The standard InChI is InChI=1S/C23H18F7N3O/c1-9-5-6-10-8-22(2,3)20-12(11(10)7-9)19(33(4)32-20)21(34)31-18-16(26)14(24)13(23(28,29)30)15(25)17(18)27/h5-7H,8H2,1-4H3,(H,31,34). The quantitative estimate of drug-likeness (QED) is 0.355. The average Bonchev–Trinajstić information content (AvgIpc) is 3.08. The van der Waals surface area contributed by atoms with Crippen LogP contribution in [0.1, 0.15) is 46.7 Å². The van der Waals surface area contributed by atoms with Crippen molar-refractivity contribution in [2.75, 3.05) is 5.32 Å². The first-order chi connectivity index (χ1) is 15.6. The molecule has 4 rings (SSSR count). The van der Waals surface area contributed by atoms with Gasteiger partial charge in [-0.3, -0.25) is 9.48 Å². The highest BCUT2D eigenvalue weighted by Gasteiger charge is 2.43. The highest BCUT2D eigenvalue weighted by atomic mass is 19.4. The molecular formula is C23H18F7N3O. The van der Waals surface area contributed by atoms with Crippen molar-refractivity contribution in [2.24, 2.45) is 7.05 Å². The molecule has 0 aliphatic heterocycles. The molecule has 1 aliphatic carbocycles. The molecule has 1 aliphatic rings. The molecule has 0 saturated carbocycles. The van der Waals surface area contributed by atoms with Gasteiger partial charge in [0, 0.05) is 18.0 Å². The molecule has 0 fully saturated rings. The normalized spacial score (nSPS) is 14.6. The maximum absolute atomic E-state index is 14.4. The number of hydrogen-bond donors (Lipinski definition) is 1. The van der Waals surface area contributed by atoms with E-state index < -0.39 is 52.0 Å². The molecule has 1 heterocycles. The number of nitrogens with one attached hydrogen (secondary N) is 1. The highest BCUT2D eigenvalue weighted by Crippen LogP contribution is 2.45. The second kappa shape index (κ2) is 7.57. The summed E-state index contributed by atoms with van der Waals surface area (Å²) >= 11 is 0. The van der Waals surface area contributed by atoms with Gasteiger partial charge < -0.3 is 5.32 Å². The Morgan fingerprint density at radius 1 is 1.06 bits per heavy atom. The molecule has 4 nitrogen and oxygen atoms in total. The van der Waals surface area contributed by atoms with Gasteiger partial charge in [0.1, 0.15) is 16.9 Å². The minimum absolute atomic E-state index is 0.172. The van der Waals surface area contributed by atoms with Gasteiger partial charge in [0.05, 0.1) is 5.69 Å². The van der Waals surface area contributed by atoms with Crippen LogP contribution in [-0.4, -0.2) is 15.7 Å². The van der Waals surface area contributed by atoms with E-state index in [2.05, 4.69) is 5.10 Å². The molecule has 0 bridgehead atoms. The molecule has 0 atom stereocenters. The van der Waals surface area contributed by atoms with E-state index in [0.717, 1.165) is 15.8 Å². The van der Waals surface area contributed by atoms with E-state index in [1.807, 2.05) is 32.9 Å². The van der Waals surface area contributed by atoms with Crippen molar-refractivity contribution in [3.63, 3.8) is 0 Å². The largest absolute Gasteiger partial charge is 0.422 e. The zero-order chi connectivity index (χ0) is 25.3. The number of carbonyl (C=O) groups is 1. The van der Waals surface area contributed by atoms with Gasteiger partial charge in [-0.25, -0.2) is 17.6 Å². The third kappa shape index (κ3) is 3.54. The number of anilines is 1. The smallest absolute Gasteiger partial charge is 0.316 e. The van der Waals surface area contributed by atoms with Crippen LogP contribution in [0.2, 0.25) is 0 Å². The molecule has 34 heavy (non-hydrogen) atoms. The third-order valence-corrected chi connectivity index (χ3v) is 5.86. The first kappa shape index (κ1) is 23.8. The number of aryl methyl sites for hydroxylation is 2. The number of halogens is 7. The molecule has 11 heteroatoms. The highest BCUT2D eigenvalue weighted by molar-refractivity contribution is 6.08. The zero-order valence-corrected chi connectivity index (χ0v) is 18.4. The minimum Gasteiger partial charge on any atom is -0.316 e. The van der Waals surface area contributed by atoms with Crippen molar-refractivity contribution in [3.8, 4) is 11.1 Å². The van der Waals surface area contributed by atoms with Crippen LogP contribution >= 0.6 is 0 Å². The summed E-state index contributed by atoms with van der Waals surface area (Å²) in [6.07, 6.45) is -5.10. The fourth-order valence-electron chi connectivity index (χ4n) is 4.31. The zero-order valence-electron chi connectivity index (χ0n) is 18.4. The van der Waals surface area contributed by atoms with Gasteiger partial charge in [0.2, 0.25) is 0 Å². The Labute approximate surface area is 189 Å². The predicted octanol–water partition coefficient (Wildman–Crippen LogP) is 6.06. The minimum atomic E-state index is -5.69. The molecule has 0 saturated heterocycles. The lowest BCUT2D eigenvalue weighted by Gasteiger charge is -2.30. The molecule has 0 spiro atoms. The SMILES string of the molecule is Cc1ccc2c(c1)-c1c(nn(C)c1C(=O)Nc1c(F)c(F)c(C(F)(F)F)c(F)c1F)C(C)(C)C2. The lowest BCUT2D eigenvalue weighted by atomic mass is 9.72.